The molecule has 8 aromatic rings. The zero-order valence-electron chi connectivity index (χ0n) is 26.4. The van der Waals surface area contributed by atoms with Gasteiger partial charge >= 0.3 is 0 Å². The van der Waals surface area contributed by atoms with Gasteiger partial charge in [-0.05, 0) is 64.6 Å². The summed E-state index contributed by atoms with van der Waals surface area (Å²) >= 11 is 0. The maximum absolute atomic E-state index is 6.65. The minimum Gasteiger partial charge on any atom is -0.510 e. The third-order valence-electron chi connectivity index (χ3n) is 8.73. The Morgan fingerprint density at radius 3 is 2.27 bits per heavy atom. The van der Waals surface area contributed by atoms with Gasteiger partial charge in [-0.3, -0.25) is 0 Å². The normalized spacial score (nSPS) is 11.5. The summed E-state index contributed by atoms with van der Waals surface area (Å²) in [5, 5.41) is 3.29. The quantitative estimate of drug-likeness (QED) is 0.134. The van der Waals surface area contributed by atoms with Crippen molar-refractivity contribution in [3.05, 3.63) is 163 Å². The number of nitrogens with zero attached hydrogens (tertiary/aromatic N) is 2. The summed E-state index contributed by atoms with van der Waals surface area (Å²) in [6, 6.07) is 49.4. The predicted molar refractivity (Wildman–Crippen MR) is 191 cm³/mol. The number of furan rings is 1. The summed E-state index contributed by atoms with van der Waals surface area (Å²) in [6.45, 7) is 4.09. The first-order valence-electron chi connectivity index (χ1n) is 15.7. The molecular formula is C42H29BIrN2O2-2. The van der Waals surface area contributed by atoms with Gasteiger partial charge in [-0.2, -0.15) is 0 Å². The van der Waals surface area contributed by atoms with E-state index < -0.39 is 0 Å². The molecule has 1 aliphatic heterocycles. The summed E-state index contributed by atoms with van der Waals surface area (Å²) in [6.07, 6.45) is 3.70. The first-order valence-corrected chi connectivity index (χ1v) is 15.7. The molecule has 0 amide bonds. The van der Waals surface area contributed by atoms with Crippen LogP contribution in [0.4, 0.5) is 0 Å². The molecule has 3 aromatic heterocycles. The molecule has 0 fully saturated rings. The number of aryl methyl sites for hydroxylation is 2. The van der Waals surface area contributed by atoms with Crippen LogP contribution in [0.25, 0.3) is 44.3 Å². The van der Waals surface area contributed by atoms with Gasteiger partial charge < -0.3 is 19.1 Å². The van der Waals surface area contributed by atoms with E-state index in [2.05, 4.69) is 103 Å². The molecule has 9 rings (SSSR count). The number of rotatable bonds is 3. The van der Waals surface area contributed by atoms with Gasteiger partial charge in [0.2, 0.25) is 0 Å². The van der Waals surface area contributed by atoms with Gasteiger partial charge in [0.15, 0.2) is 0 Å². The van der Waals surface area contributed by atoms with Crippen molar-refractivity contribution < 1.29 is 29.3 Å². The van der Waals surface area contributed by atoms with Crippen LogP contribution in [0.2, 0.25) is 0 Å². The van der Waals surface area contributed by atoms with Crippen LogP contribution >= 0.6 is 0 Å². The molecule has 0 N–H and O–H groups in total. The van der Waals surface area contributed by atoms with Crippen molar-refractivity contribution >= 4 is 45.0 Å². The molecule has 1 radical (unpaired) electrons. The van der Waals surface area contributed by atoms with Crippen molar-refractivity contribution in [2.75, 3.05) is 0 Å². The first-order chi connectivity index (χ1) is 23.2. The molecule has 0 saturated heterocycles. The molecule has 0 saturated carbocycles. The standard InChI is InChI=1S/C29H17BNO2.C13H12N.Ir/c1-2-10-20(11-3-1)30-26-21-12-5-4-9-19(21)16-17-25(26)32-28-23-14-8-13-22(27(23)33-29(28)30)24-15-6-7-18-31-24;1-10-8-13(14-9-11(10)2)12-6-4-3-5-7-12;/h1-12,14-18H;3-6,8-9H,1-2H3;/q2*-1;. The summed E-state index contributed by atoms with van der Waals surface area (Å²) in [4.78, 5) is 8.91. The Morgan fingerprint density at radius 2 is 1.48 bits per heavy atom. The average Bonchev–Trinajstić information content (AvgIpc) is 3.51. The molecule has 233 valence electrons. The van der Waals surface area contributed by atoms with E-state index in [4.69, 9.17) is 9.15 Å². The molecule has 5 aromatic carbocycles. The van der Waals surface area contributed by atoms with E-state index in [1.807, 2.05) is 66.9 Å². The van der Waals surface area contributed by atoms with Gasteiger partial charge in [0.1, 0.15) is 17.2 Å². The Morgan fingerprint density at radius 1 is 0.667 bits per heavy atom. The van der Waals surface area contributed by atoms with E-state index in [1.165, 1.54) is 27.4 Å². The smallest absolute Gasteiger partial charge is 0.295 e. The van der Waals surface area contributed by atoms with Crippen LogP contribution in [0.15, 0.2) is 144 Å². The number of benzene rings is 5. The van der Waals surface area contributed by atoms with Crippen molar-refractivity contribution in [2.45, 2.75) is 13.8 Å². The summed E-state index contributed by atoms with van der Waals surface area (Å²) < 4.78 is 13.2. The van der Waals surface area contributed by atoms with Crippen LogP contribution in [0.5, 0.6) is 11.5 Å². The second kappa shape index (κ2) is 13.4. The van der Waals surface area contributed by atoms with Crippen LogP contribution in [-0.4, -0.2) is 16.7 Å². The fourth-order valence-corrected chi connectivity index (χ4v) is 6.25. The van der Waals surface area contributed by atoms with Gasteiger partial charge in [-0.25, -0.2) is 0 Å². The Kier molecular flexibility index (Phi) is 8.77. The molecule has 0 spiro atoms. The van der Waals surface area contributed by atoms with Crippen LogP contribution in [0.1, 0.15) is 11.1 Å². The second-order valence-electron chi connectivity index (χ2n) is 11.7. The number of aromatic nitrogens is 2. The van der Waals surface area contributed by atoms with E-state index in [1.54, 1.807) is 6.20 Å². The summed E-state index contributed by atoms with van der Waals surface area (Å²) in [7, 11) is 0. The average molecular weight is 797 g/mol. The third-order valence-corrected chi connectivity index (χ3v) is 8.73. The van der Waals surface area contributed by atoms with Gasteiger partial charge in [0.05, 0.1) is 5.58 Å². The molecule has 4 nitrogen and oxygen atoms in total. The Hall–Kier alpha value is -5.29. The maximum atomic E-state index is 6.65. The van der Waals surface area contributed by atoms with E-state index in [9.17, 15) is 0 Å². The third kappa shape index (κ3) is 5.75. The van der Waals surface area contributed by atoms with E-state index in [0.29, 0.717) is 0 Å². The first kappa shape index (κ1) is 31.3. The van der Waals surface area contributed by atoms with Crippen molar-refractivity contribution in [3.63, 3.8) is 0 Å². The van der Waals surface area contributed by atoms with Gasteiger partial charge in [-0.1, -0.05) is 95.5 Å². The Bertz CT molecular complexity index is 2360. The molecule has 4 heterocycles. The molecule has 0 atom stereocenters. The number of pyridine rings is 2. The summed E-state index contributed by atoms with van der Waals surface area (Å²) in [5.41, 5.74) is 10.1. The zero-order chi connectivity index (χ0) is 31.7. The maximum Gasteiger partial charge on any atom is 0.295 e. The molecular weight excluding hydrogens is 768 g/mol. The topological polar surface area (TPSA) is 48.2 Å². The van der Waals surface area contributed by atoms with Gasteiger partial charge in [0.25, 0.3) is 6.71 Å². The molecule has 1 aliphatic rings. The van der Waals surface area contributed by atoms with E-state index >= 15 is 0 Å². The SMILES string of the molecule is Cc1cnc(-c2[c-]cccc2)cc1C.[Ir].[c-]1ccc2c3c(oc2c1-c1ccccn1)B(c1ccccc1)c1c(ccc2ccccc12)O3. The zero-order valence-corrected chi connectivity index (χ0v) is 28.8. The molecule has 0 bridgehead atoms. The largest absolute Gasteiger partial charge is 0.510 e. The summed E-state index contributed by atoms with van der Waals surface area (Å²) in [5.74, 6) is 1.64. The van der Waals surface area contributed by atoms with Crippen molar-refractivity contribution in [1.29, 1.82) is 0 Å². The number of ether oxygens (including phenoxy) is 1. The van der Waals surface area contributed by atoms with E-state index in [0.717, 1.165) is 56.1 Å². The Balaban J connectivity index is 0.000000205. The minimum atomic E-state index is -0.0833. The second-order valence-corrected chi connectivity index (χ2v) is 11.7. The molecule has 48 heavy (non-hydrogen) atoms. The molecule has 0 aliphatic carbocycles. The van der Waals surface area contributed by atoms with Crippen LogP contribution in [0.3, 0.4) is 0 Å². The van der Waals surface area contributed by atoms with Crippen LogP contribution < -0.4 is 21.3 Å². The predicted octanol–water partition coefficient (Wildman–Crippen LogP) is 8.23. The van der Waals surface area contributed by atoms with Crippen molar-refractivity contribution in [3.8, 4) is 34.0 Å². The number of fused-ring (bicyclic) bond motifs is 6. The van der Waals surface area contributed by atoms with Crippen LogP contribution in [-0.2, 0) is 20.1 Å². The van der Waals surface area contributed by atoms with Gasteiger partial charge in [0, 0.05) is 32.5 Å². The fourth-order valence-electron chi connectivity index (χ4n) is 6.25. The van der Waals surface area contributed by atoms with Crippen molar-refractivity contribution in [2.24, 2.45) is 0 Å². The molecule has 0 unspecified atom stereocenters. The number of hydrogen-bond donors (Lipinski definition) is 0. The van der Waals surface area contributed by atoms with Crippen molar-refractivity contribution in [1.82, 2.24) is 9.97 Å². The number of hydrogen-bond acceptors (Lipinski definition) is 4. The monoisotopic (exact) mass is 797 g/mol. The van der Waals surface area contributed by atoms with Gasteiger partial charge in [-0.15, -0.1) is 54.1 Å². The molecule has 6 heteroatoms. The van der Waals surface area contributed by atoms with E-state index in [-0.39, 0.29) is 26.8 Å². The fraction of sp³-hybridized carbons (Fsp3) is 0.0476. The Labute approximate surface area is 293 Å². The van der Waals surface area contributed by atoms with Crippen LogP contribution in [0, 0.1) is 26.0 Å². The minimum absolute atomic E-state index is 0.